The number of ether oxygens (including phenoxy) is 1. The molecule has 0 saturated heterocycles. The highest BCUT2D eigenvalue weighted by molar-refractivity contribution is 6.32. The lowest BCUT2D eigenvalue weighted by Gasteiger charge is -2.08. The summed E-state index contributed by atoms with van der Waals surface area (Å²) in [4.78, 5) is 11.1. The highest BCUT2D eigenvalue weighted by atomic mass is 35.5. The maximum absolute atomic E-state index is 11.1. The van der Waals surface area contributed by atoms with Crippen LogP contribution in [0.3, 0.4) is 0 Å². The first kappa shape index (κ1) is 13.7. The lowest BCUT2D eigenvalue weighted by molar-refractivity contribution is -0.144. The molecule has 17 heavy (non-hydrogen) atoms. The van der Waals surface area contributed by atoms with Gasteiger partial charge in [0.05, 0.1) is 19.1 Å². The average molecular weight is 255 g/mol. The second-order valence-corrected chi connectivity index (χ2v) is 3.90. The monoisotopic (exact) mass is 254 g/mol. The van der Waals surface area contributed by atoms with Gasteiger partial charge in [0.2, 0.25) is 0 Å². The zero-order chi connectivity index (χ0) is 12.7. The zero-order valence-corrected chi connectivity index (χ0v) is 10.4. The van der Waals surface area contributed by atoms with E-state index in [1.54, 1.807) is 13.0 Å². The Balaban J connectivity index is 2.60. The van der Waals surface area contributed by atoms with E-state index in [0.29, 0.717) is 6.61 Å². The average Bonchev–Trinajstić information content (AvgIpc) is 2.30. The van der Waals surface area contributed by atoms with Crippen molar-refractivity contribution in [1.29, 1.82) is 0 Å². The van der Waals surface area contributed by atoms with Gasteiger partial charge in [0.15, 0.2) is 0 Å². The molecule has 92 valence electrons. The van der Waals surface area contributed by atoms with Crippen molar-refractivity contribution < 1.29 is 14.6 Å². The fourth-order valence-corrected chi connectivity index (χ4v) is 1.48. The smallest absolute Gasteiger partial charge is 0.308 e. The van der Waals surface area contributed by atoms with Gasteiger partial charge in [-0.2, -0.15) is 0 Å². The Kier molecular flexibility index (Phi) is 5.73. The number of halogens is 1. The third kappa shape index (κ3) is 5.02. The molecule has 1 rings (SSSR count). The number of carbonyl (C=O) groups is 1. The number of aliphatic hydroxyl groups excluding tert-OH is 1. The second kappa shape index (κ2) is 7.09. The first-order valence-electron chi connectivity index (χ1n) is 5.39. The minimum absolute atomic E-state index is 0.129. The molecule has 1 aromatic rings. The van der Waals surface area contributed by atoms with Crippen molar-refractivity contribution in [2.24, 2.45) is 0 Å². The van der Waals surface area contributed by atoms with Gasteiger partial charge in [-0.1, -0.05) is 41.9 Å². The maximum Gasteiger partial charge on any atom is 0.308 e. The van der Waals surface area contributed by atoms with Gasteiger partial charge in [-0.25, -0.2) is 0 Å². The number of rotatable bonds is 5. The number of hydrogen-bond acceptors (Lipinski definition) is 3. The normalized spacial score (nSPS) is 13.2. The van der Waals surface area contributed by atoms with E-state index in [9.17, 15) is 9.90 Å². The maximum atomic E-state index is 11.1. The summed E-state index contributed by atoms with van der Waals surface area (Å²) in [6.45, 7) is 2.01. The molecule has 0 aliphatic heterocycles. The number of benzene rings is 1. The molecule has 0 unspecified atom stereocenters. The largest absolute Gasteiger partial charge is 0.466 e. The Labute approximate surface area is 106 Å². The highest BCUT2D eigenvalue weighted by Crippen LogP contribution is 2.16. The lowest BCUT2D eigenvalue weighted by atomic mass is 10.1. The van der Waals surface area contributed by atoms with Crippen LogP contribution in [0.2, 0.25) is 0 Å². The third-order valence-corrected chi connectivity index (χ3v) is 2.45. The molecule has 4 heteroatoms. The Bertz CT molecular complexity index is 387. The van der Waals surface area contributed by atoms with E-state index in [-0.39, 0.29) is 11.5 Å². The minimum atomic E-state index is -1.02. The number of carbonyl (C=O) groups excluding carboxylic acids is 1. The highest BCUT2D eigenvalue weighted by Gasteiger charge is 2.14. The third-order valence-electron chi connectivity index (χ3n) is 2.09. The van der Waals surface area contributed by atoms with Gasteiger partial charge in [0.25, 0.3) is 0 Å². The Morgan fingerprint density at radius 2 is 2.12 bits per heavy atom. The first-order chi connectivity index (χ1) is 8.13. The molecule has 1 aromatic carbocycles. The van der Waals surface area contributed by atoms with Crippen LogP contribution in [0.15, 0.2) is 35.4 Å². The second-order valence-electron chi connectivity index (χ2n) is 3.46. The van der Waals surface area contributed by atoms with Crippen LogP contribution < -0.4 is 0 Å². The van der Waals surface area contributed by atoms with Crippen LogP contribution in [0.5, 0.6) is 0 Å². The topological polar surface area (TPSA) is 46.5 Å². The summed E-state index contributed by atoms with van der Waals surface area (Å²) in [7, 11) is 0. The summed E-state index contributed by atoms with van der Waals surface area (Å²) in [6, 6.07) is 9.35. The summed E-state index contributed by atoms with van der Waals surface area (Å²) in [5.41, 5.74) is 0.875. The predicted molar refractivity (Wildman–Crippen MR) is 67.5 cm³/mol. The van der Waals surface area contributed by atoms with Crippen molar-refractivity contribution in [1.82, 2.24) is 0 Å². The van der Waals surface area contributed by atoms with E-state index in [1.807, 2.05) is 30.3 Å². The molecule has 0 radical (unpaired) electrons. The van der Waals surface area contributed by atoms with Crippen LogP contribution in [0.25, 0.3) is 6.08 Å². The molecule has 0 saturated carbocycles. The molecule has 3 nitrogen and oxygen atoms in total. The van der Waals surface area contributed by atoms with E-state index < -0.39 is 12.1 Å². The Hall–Kier alpha value is -1.32. The fraction of sp³-hybridized carbons (Fsp3) is 0.308. The lowest BCUT2D eigenvalue weighted by Crippen LogP contribution is -2.15. The van der Waals surface area contributed by atoms with Crippen LogP contribution in [0.4, 0.5) is 0 Å². The minimum Gasteiger partial charge on any atom is -0.466 e. The van der Waals surface area contributed by atoms with E-state index in [2.05, 4.69) is 0 Å². The standard InChI is InChI=1S/C13H15ClO3/c1-2-17-13(16)9-12(15)11(14)8-10-6-4-3-5-7-10/h3-8,12,15H,2,9H2,1H3/b11-8-/t12-/m0/s1. The summed E-state index contributed by atoms with van der Waals surface area (Å²) in [5.74, 6) is -0.459. The predicted octanol–water partition coefficient (Wildman–Crippen LogP) is 2.58. The molecule has 0 fully saturated rings. The Morgan fingerprint density at radius 1 is 1.47 bits per heavy atom. The van der Waals surface area contributed by atoms with Gasteiger partial charge in [0, 0.05) is 5.03 Å². The SMILES string of the molecule is CCOC(=O)C[C@H](O)/C(Cl)=C/c1ccccc1. The van der Waals surface area contributed by atoms with Gasteiger partial charge in [0.1, 0.15) is 0 Å². The van der Waals surface area contributed by atoms with E-state index in [0.717, 1.165) is 5.56 Å². The summed E-state index contributed by atoms with van der Waals surface area (Å²) in [6.07, 6.45) is 0.484. The zero-order valence-electron chi connectivity index (χ0n) is 9.60. The molecule has 1 atom stereocenters. The van der Waals surface area contributed by atoms with Crippen molar-refractivity contribution in [3.63, 3.8) is 0 Å². The van der Waals surface area contributed by atoms with Crippen molar-refractivity contribution in [3.8, 4) is 0 Å². The number of aliphatic hydroxyl groups is 1. The van der Waals surface area contributed by atoms with E-state index >= 15 is 0 Å². The summed E-state index contributed by atoms with van der Waals surface area (Å²) >= 11 is 5.91. The van der Waals surface area contributed by atoms with Gasteiger partial charge in [-0.05, 0) is 18.6 Å². The fourth-order valence-electron chi connectivity index (χ4n) is 1.28. The molecule has 0 aromatic heterocycles. The van der Waals surface area contributed by atoms with Crippen molar-refractivity contribution >= 4 is 23.6 Å². The van der Waals surface area contributed by atoms with Crippen molar-refractivity contribution in [2.75, 3.05) is 6.61 Å². The summed E-state index contributed by atoms with van der Waals surface area (Å²) in [5, 5.41) is 9.90. The van der Waals surface area contributed by atoms with Crippen LogP contribution in [-0.2, 0) is 9.53 Å². The van der Waals surface area contributed by atoms with Crippen LogP contribution in [0.1, 0.15) is 18.9 Å². The molecular formula is C13H15ClO3. The molecule has 0 amide bonds. The van der Waals surface area contributed by atoms with Crippen LogP contribution >= 0.6 is 11.6 Å². The van der Waals surface area contributed by atoms with Gasteiger partial charge >= 0.3 is 5.97 Å². The van der Waals surface area contributed by atoms with E-state index in [4.69, 9.17) is 16.3 Å². The van der Waals surface area contributed by atoms with E-state index in [1.165, 1.54) is 0 Å². The molecular weight excluding hydrogens is 240 g/mol. The van der Waals surface area contributed by atoms with Gasteiger partial charge in [-0.15, -0.1) is 0 Å². The molecule has 0 heterocycles. The van der Waals surface area contributed by atoms with Crippen molar-refractivity contribution in [3.05, 3.63) is 40.9 Å². The molecule has 0 aliphatic carbocycles. The van der Waals surface area contributed by atoms with Crippen molar-refractivity contribution in [2.45, 2.75) is 19.4 Å². The first-order valence-corrected chi connectivity index (χ1v) is 5.77. The molecule has 0 spiro atoms. The summed E-state index contributed by atoms with van der Waals surface area (Å²) < 4.78 is 4.73. The molecule has 1 N–H and O–H groups in total. The van der Waals surface area contributed by atoms with Gasteiger partial charge in [-0.3, -0.25) is 4.79 Å². The Morgan fingerprint density at radius 3 is 2.71 bits per heavy atom. The van der Waals surface area contributed by atoms with Crippen LogP contribution in [0, 0.1) is 0 Å². The quantitative estimate of drug-likeness (QED) is 0.822. The number of esters is 1. The van der Waals surface area contributed by atoms with Crippen LogP contribution in [-0.4, -0.2) is 23.8 Å². The van der Waals surface area contributed by atoms with Gasteiger partial charge < -0.3 is 9.84 Å². The number of hydrogen-bond donors (Lipinski definition) is 1. The molecule has 0 aliphatic rings. The molecule has 0 bridgehead atoms.